The number of aromatic nitrogens is 1. The number of benzene rings is 1. The number of piperazine rings is 1. The van der Waals surface area contributed by atoms with E-state index in [4.69, 9.17) is 4.42 Å². The molecule has 9 heteroatoms. The van der Waals surface area contributed by atoms with E-state index in [2.05, 4.69) is 58.4 Å². The van der Waals surface area contributed by atoms with E-state index >= 15 is 0 Å². The van der Waals surface area contributed by atoms with Gasteiger partial charge in [-0.2, -0.15) is 0 Å². The highest BCUT2D eigenvalue weighted by molar-refractivity contribution is 14.0. The first-order valence-electron chi connectivity index (χ1n) is 11.4. The molecule has 0 bridgehead atoms. The Bertz CT molecular complexity index is 886. The van der Waals surface area contributed by atoms with Crippen molar-refractivity contribution in [2.45, 2.75) is 46.1 Å². The lowest BCUT2D eigenvalue weighted by Crippen LogP contribution is -2.49. The second-order valence-corrected chi connectivity index (χ2v) is 8.94. The van der Waals surface area contributed by atoms with Crippen molar-refractivity contribution in [3.05, 3.63) is 48.2 Å². The number of hydrogen-bond acceptors (Lipinski definition) is 5. The third kappa shape index (κ3) is 8.21. The molecule has 2 aromatic rings. The molecule has 1 aromatic heterocycles. The van der Waals surface area contributed by atoms with Crippen LogP contribution < -0.4 is 15.5 Å². The summed E-state index contributed by atoms with van der Waals surface area (Å²) >= 11 is 0. The van der Waals surface area contributed by atoms with Crippen LogP contribution in [0.4, 0.5) is 5.69 Å². The molecular formula is C24H37IN6O2. The van der Waals surface area contributed by atoms with Gasteiger partial charge in [-0.05, 0) is 19.1 Å². The van der Waals surface area contributed by atoms with E-state index in [0.717, 1.165) is 38.5 Å². The number of carbonyl (C=O) groups excluding carboxylic acids is 1. The van der Waals surface area contributed by atoms with E-state index < -0.39 is 0 Å². The first-order valence-corrected chi connectivity index (χ1v) is 11.4. The Labute approximate surface area is 214 Å². The Morgan fingerprint density at radius 1 is 1.12 bits per heavy atom. The monoisotopic (exact) mass is 568 g/mol. The summed E-state index contributed by atoms with van der Waals surface area (Å²) in [6.45, 7) is 13.1. The van der Waals surface area contributed by atoms with Crippen molar-refractivity contribution < 1.29 is 9.21 Å². The van der Waals surface area contributed by atoms with E-state index in [0.29, 0.717) is 31.4 Å². The van der Waals surface area contributed by atoms with Crippen molar-refractivity contribution in [3.8, 4) is 0 Å². The summed E-state index contributed by atoms with van der Waals surface area (Å²) in [4.78, 5) is 25.8. The van der Waals surface area contributed by atoms with Crippen LogP contribution in [0.25, 0.3) is 0 Å². The zero-order valence-electron chi connectivity index (χ0n) is 20.1. The highest BCUT2D eigenvalue weighted by Crippen LogP contribution is 2.22. The lowest BCUT2D eigenvalue weighted by Gasteiger charge is -2.36. The van der Waals surface area contributed by atoms with Gasteiger partial charge in [0.05, 0.1) is 6.20 Å². The molecule has 2 heterocycles. The predicted molar refractivity (Wildman–Crippen MR) is 143 cm³/mol. The second-order valence-electron chi connectivity index (χ2n) is 8.94. The molecule has 8 nitrogen and oxygen atoms in total. The third-order valence-electron chi connectivity index (χ3n) is 5.39. The zero-order chi connectivity index (χ0) is 23.0. The van der Waals surface area contributed by atoms with Gasteiger partial charge < -0.3 is 24.9 Å². The van der Waals surface area contributed by atoms with E-state index in [-0.39, 0.29) is 35.3 Å². The van der Waals surface area contributed by atoms with E-state index in [9.17, 15) is 4.79 Å². The highest BCUT2D eigenvalue weighted by Gasteiger charge is 2.21. The lowest BCUT2D eigenvalue weighted by molar-refractivity contribution is -0.131. The maximum Gasteiger partial charge on any atom is 0.224 e. The molecule has 0 radical (unpaired) electrons. The number of hydrogen-bond donors (Lipinski definition) is 2. The zero-order valence-corrected chi connectivity index (χ0v) is 22.5. The fourth-order valence-electron chi connectivity index (χ4n) is 3.52. The standard InChI is InChI=1S/C24H36N6O2.HI/c1-5-25-23(28-18-21-27-17-20(32-21)24(2,3)4)26-12-11-22(31)30-15-13-29(14-16-30)19-9-7-6-8-10-19;/h6-10,17H,5,11-16,18H2,1-4H3,(H2,25,26,28);1H. The topological polar surface area (TPSA) is 86.0 Å². The van der Waals surface area contributed by atoms with Crippen LogP contribution in [0.5, 0.6) is 0 Å². The molecule has 33 heavy (non-hydrogen) atoms. The maximum atomic E-state index is 12.6. The first-order chi connectivity index (χ1) is 15.4. The molecule has 0 spiro atoms. The van der Waals surface area contributed by atoms with Gasteiger partial charge in [0.1, 0.15) is 12.3 Å². The summed E-state index contributed by atoms with van der Waals surface area (Å²) in [5.41, 5.74) is 1.14. The SMILES string of the molecule is CCNC(=NCc1ncc(C(C)(C)C)o1)NCCC(=O)N1CCN(c2ccccc2)CC1.I. The maximum absolute atomic E-state index is 12.6. The third-order valence-corrected chi connectivity index (χ3v) is 5.39. The summed E-state index contributed by atoms with van der Waals surface area (Å²) in [7, 11) is 0. The smallest absolute Gasteiger partial charge is 0.224 e. The van der Waals surface area contributed by atoms with Gasteiger partial charge in [-0.3, -0.25) is 4.79 Å². The normalized spacial score (nSPS) is 14.6. The molecular weight excluding hydrogens is 531 g/mol. The molecule has 1 fully saturated rings. The Balaban J connectivity index is 0.00000385. The number of carbonyl (C=O) groups is 1. The van der Waals surface area contributed by atoms with Crippen LogP contribution in [0.1, 0.15) is 45.8 Å². The van der Waals surface area contributed by atoms with Crippen molar-refractivity contribution in [3.63, 3.8) is 0 Å². The Hall–Kier alpha value is -2.30. The lowest BCUT2D eigenvalue weighted by atomic mass is 9.94. The van der Waals surface area contributed by atoms with Crippen molar-refractivity contribution in [1.82, 2.24) is 20.5 Å². The molecule has 1 aliphatic heterocycles. The molecule has 0 atom stereocenters. The van der Waals surface area contributed by atoms with Crippen LogP contribution in [0.2, 0.25) is 0 Å². The minimum absolute atomic E-state index is 0. The highest BCUT2D eigenvalue weighted by atomic mass is 127. The molecule has 0 unspecified atom stereocenters. The minimum atomic E-state index is -0.0787. The average molecular weight is 569 g/mol. The largest absolute Gasteiger partial charge is 0.443 e. The van der Waals surface area contributed by atoms with Gasteiger partial charge in [-0.15, -0.1) is 24.0 Å². The number of nitrogens with zero attached hydrogens (tertiary/aromatic N) is 4. The molecule has 1 saturated heterocycles. The van der Waals surface area contributed by atoms with Crippen LogP contribution in [-0.4, -0.2) is 61.0 Å². The predicted octanol–water partition coefficient (Wildman–Crippen LogP) is 3.38. The van der Waals surface area contributed by atoms with Crippen molar-refractivity contribution in [1.29, 1.82) is 0 Å². The summed E-state index contributed by atoms with van der Waals surface area (Å²) in [5.74, 6) is 2.26. The molecule has 182 valence electrons. The molecule has 0 aliphatic carbocycles. The van der Waals surface area contributed by atoms with Crippen molar-refractivity contribution in [2.24, 2.45) is 4.99 Å². The minimum Gasteiger partial charge on any atom is -0.443 e. The Morgan fingerprint density at radius 2 is 1.82 bits per heavy atom. The number of aliphatic imine (C=N–C) groups is 1. The Kier molecular flexibility index (Phi) is 10.5. The van der Waals surface area contributed by atoms with Gasteiger partial charge in [-0.25, -0.2) is 9.98 Å². The van der Waals surface area contributed by atoms with Gasteiger partial charge in [0.2, 0.25) is 11.8 Å². The molecule has 1 aromatic carbocycles. The van der Waals surface area contributed by atoms with Crippen LogP contribution in [0.15, 0.2) is 45.9 Å². The first kappa shape index (κ1) is 26.9. The van der Waals surface area contributed by atoms with Gasteiger partial charge in [0.15, 0.2) is 5.96 Å². The van der Waals surface area contributed by atoms with Crippen LogP contribution in [0, 0.1) is 0 Å². The Morgan fingerprint density at radius 3 is 2.42 bits per heavy atom. The van der Waals surface area contributed by atoms with Gasteiger partial charge >= 0.3 is 0 Å². The molecule has 1 amide bonds. The number of guanidine groups is 1. The second kappa shape index (κ2) is 12.8. The summed E-state index contributed by atoms with van der Waals surface area (Å²) in [6.07, 6.45) is 2.20. The van der Waals surface area contributed by atoms with Crippen LogP contribution in [-0.2, 0) is 16.8 Å². The number of halogens is 1. The number of para-hydroxylation sites is 1. The number of oxazole rings is 1. The number of rotatable bonds is 7. The number of nitrogens with one attached hydrogen (secondary N) is 2. The fourth-order valence-corrected chi connectivity index (χ4v) is 3.52. The summed E-state index contributed by atoms with van der Waals surface area (Å²) < 4.78 is 5.80. The van der Waals surface area contributed by atoms with Crippen LogP contribution in [0.3, 0.4) is 0 Å². The fraction of sp³-hybridized carbons (Fsp3) is 0.542. The van der Waals surface area contributed by atoms with E-state index in [1.165, 1.54) is 5.69 Å². The van der Waals surface area contributed by atoms with Gasteiger partial charge in [-0.1, -0.05) is 39.0 Å². The van der Waals surface area contributed by atoms with Crippen molar-refractivity contribution in [2.75, 3.05) is 44.2 Å². The van der Waals surface area contributed by atoms with Crippen LogP contribution >= 0.6 is 24.0 Å². The molecule has 1 aliphatic rings. The average Bonchev–Trinajstić information content (AvgIpc) is 3.28. The van der Waals surface area contributed by atoms with Crippen molar-refractivity contribution >= 4 is 41.5 Å². The van der Waals surface area contributed by atoms with Gasteiger partial charge in [0.25, 0.3) is 0 Å². The van der Waals surface area contributed by atoms with E-state index in [1.807, 2.05) is 30.0 Å². The molecule has 0 saturated carbocycles. The number of amides is 1. The summed E-state index contributed by atoms with van der Waals surface area (Å²) in [6, 6.07) is 10.4. The molecule has 3 rings (SSSR count). The van der Waals surface area contributed by atoms with E-state index in [1.54, 1.807) is 6.20 Å². The van der Waals surface area contributed by atoms with Gasteiger partial charge in [0, 0.05) is 56.8 Å². The summed E-state index contributed by atoms with van der Waals surface area (Å²) in [5, 5.41) is 6.45. The molecule has 2 N–H and O–H groups in total. The number of anilines is 1. The quantitative estimate of drug-likeness (QED) is 0.303.